The highest BCUT2D eigenvalue weighted by Crippen LogP contribution is 2.13. The Bertz CT molecular complexity index is 260. The van der Waals surface area contributed by atoms with Crippen molar-refractivity contribution in [2.45, 2.75) is 40.0 Å². The predicted molar refractivity (Wildman–Crippen MR) is 66.8 cm³/mol. The Morgan fingerprint density at radius 2 is 1.75 bits per heavy atom. The maximum Gasteiger partial charge on any atom is 0.214 e. The van der Waals surface area contributed by atoms with Gasteiger partial charge in [0.1, 0.15) is 0 Å². The van der Waals surface area contributed by atoms with E-state index in [1.807, 2.05) is 6.92 Å². The van der Waals surface area contributed by atoms with Gasteiger partial charge in [0.25, 0.3) is 0 Å². The Balaban J connectivity index is 4.46. The van der Waals surface area contributed by atoms with Crippen LogP contribution in [0.3, 0.4) is 0 Å². The lowest BCUT2D eigenvalue weighted by molar-refractivity contribution is 0.292. The van der Waals surface area contributed by atoms with Gasteiger partial charge in [-0.2, -0.15) is 0 Å². The average Bonchev–Trinajstić information content (AvgIpc) is 2.28. The topological polar surface area (TPSA) is 57.6 Å². The molecular weight excluding hydrogens is 226 g/mol. The van der Waals surface area contributed by atoms with Crippen molar-refractivity contribution in [1.82, 2.24) is 4.31 Å². The Morgan fingerprint density at radius 3 is 2.12 bits per heavy atom. The van der Waals surface area contributed by atoms with Gasteiger partial charge in [0.2, 0.25) is 10.0 Å². The first-order chi connectivity index (χ1) is 7.51. The molecule has 0 aromatic heterocycles. The third kappa shape index (κ3) is 5.27. The second-order valence-corrected chi connectivity index (χ2v) is 6.11. The molecule has 0 rings (SSSR count). The van der Waals surface area contributed by atoms with Gasteiger partial charge in [-0.1, -0.05) is 33.6 Å². The van der Waals surface area contributed by atoms with E-state index < -0.39 is 10.0 Å². The van der Waals surface area contributed by atoms with Crippen LogP contribution in [0.1, 0.15) is 40.0 Å². The monoisotopic (exact) mass is 251 g/mol. The molecule has 0 spiro atoms. The van der Waals surface area contributed by atoms with Crippen LogP contribution in [-0.4, -0.2) is 43.3 Å². The first-order valence-corrected chi connectivity index (χ1v) is 7.71. The molecule has 0 aromatic carbocycles. The molecule has 1 N–H and O–H groups in total. The lowest BCUT2D eigenvalue weighted by Gasteiger charge is -2.24. The summed E-state index contributed by atoms with van der Waals surface area (Å²) < 4.78 is 25.3. The zero-order valence-electron chi connectivity index (χ0n) is 10.6. The Hall–Kier alpha value is -0.130. The molecule has 0 amide bonds. The Kier molecular flexibility index (Phi) is 7.97. The van der Waals surface area contributed by atoms with Crippen LogP contribution in [0.5, 0.6) is 0 Å². The molecule has 0 saturated carbocycles. The first-order valence-electron chi connectivity index (χ1n) is 6.10. The van der Waals surface area contributed by atoms with Crippen molar-refractivity contribution in [2.75, 3.05) is 25.4 Å². The molecule has 0 atom stereocenters. The molecule has 4 nitrogen and oxygen atoms in total. The number of aliphatic hydroxyl groups is 1. The molecule has 0 aliphatic heterocycles. The van der Waals surface area contributed by atoms with Gasteiger partial charge in [0, 0.05) is 19.7 Å². The van der Waals surface area contributed by atoms with Crippen LogP contribution in [0.2, 0.25) is 0 Å². The molecule has 0 radical (unpaired) electrons. The second-order valence-electron chi connectivity index (χ2n) is 4.03. The quantitative estimate of drug-likeness (QED) is 0.675. The highest BCUT2D eigenvalue weighted by Gasteiger charge is 2.22. The van der Waals surface area contributed by atoms with Gasteiger partial charge in [-0.25, -0.2) is 12.7 Å². The summed E-state index contributed by atoms with van der Waals surface area (Å²) in [7, 11) is -3.18. The molecule has 0 aliphatic carbocycles. The second kappa shape index (κ2) is 8.03. The minimum atomic E-state index is -3.18. The minimum absolute atomic E-state index is 0.0531. The largest absolute Gasteiger partial charge is 0.396 e. The Morgan fingerprint density at radius 1 is 1.19 bits per heavy atom. The molecular formula is C11H25NO3S. The summed E-state index contributed by atoms with van der Waals surface area (Å²) >= 11 is 0. The predicted octanol–water partition coefficient (Wildman–Crippen LogP) is 1.46. The molecule has 0 aliphatic rings. The van der Waals surface area contributed by atoms with Crippen LogP contribution < -0.4 is 0 Å². The fourth-order valence-electron chi connectivity index (χ4n) is 1.65. The number of aliphatic hydroxyl groups excluding tert-OH is 1. The standard InChI is InChI=1S/C11H25NO3S/c1-4-11(5-2)10-12(6-3)16(14,15)9-7-8-13/h11,13H,4-10H2,1-3H3. The molecule has 0 bridgehead atoms. The van der Waals surface area contributed by atoms with Crippen LogP contribution in [0.4, 0.5) is 0 Å². The molecule has 0 aromatic rings. The van der Waals surface area contributed by atoms with Gasteiger partial charge < -0.3 is 5.11 Å². The minimum Gasteiger partial charge on any atom is -0.396 e. The van der Waals surface area contributed by atoms with Crippen LogP contribution in [0.15, 0.2) is 0 Å². The van der Waals surface area contributed by atoms with Crippen LogP contribution in [0.25, 0.3) is 0 Å². The van der Waals surface area contributed by atoms with Gasteiger partial charge >= 0.3 is 0 Å². The SMILES string of the molecule is CCC(CC)CN(CC)S(=O)(=O)CCCO. The molecule has 16 heavy (non-hydrogen) atoms. The summed E-state index contributed by atoms with van der Waals surface area (Å²) in [5.41, 5.74) is 0. The number of hydrogen-bond donors (Lipinski definition) is 1. The van der Waals surface area contributed by atoms with Crippen LogP contribution >= 0.6 is 0 Å². The molecule has 98 valence electrons. The van der Waals surface area contributed by atoms with Gasteiger partial charge in [0.05, 0.1) is 5.75 Å². The van der Waals surface area contributed by atoms with Gasteiger partial charge in [-0.3, -0.25) is 0 Å². The normalized spacial score (nSPS) is 12.6. The van der Waals surface area contributed by atoms with E-state index in [2.05, 4.69) is 13.8 Å². The van der Waals surface area contributed by atoms with Crippen molar-refractivity contribution in [3.8, 4) is 0 Å². The summed E-state index contributed by atoms with van der Waals surface area (Å²) in [6.07, 6.45) is 2.33. The maximum absolute atomic E-state index is 11.9. The molecule has 5 heteroatoms. The lowest BCUT2D eigenvalue weighted by Crippen LogP contribution is -2.36. The summed E-state index contributed by atoms with van der Waals surface area (Å²) in [6.45, 7) is 7.09. The van der Waals surface area contributed by atoms with Gasteiger partial charge in [0.15, 0.2) is 0 Å². The highest BCUT2D eigenvalue weighted by molar-refractivity contribution is 7.89. The summed E-state index contributed by atoms with van der Waals surface area (Å²) in [5.74, 6) is 0.487. The van der Waals surface area contributed by atoms with Crippen LogP contribution in [0, 0.1) is 5.92 Å². The van der Waals surface area contributed by atoms with E-state index in [0.717, 1.165) is 12.8 Å². The average molecular weight is 251 g/mol. The zero-order valence-corrected chi connectivity index (χ0v) is 11.5. The number of sulfonamides is 1. The van der Waals surface area contributed by atoms with E-state index in [1.54, 1.807) is 4.31 Å². The maximum atomic E-state index is 11.9. The molecule has 0 saturated heterocycles. The smallest absolute Gasteiger partial charge is 0.214 e. The highest BCUT2D eigenvalue weighted by atomic mass is 32.2. The van der Waals surface area contributed by atoms with Crippen LogP contribution in [-0.2, 0) is 10.0 Å². The van der Waals surface area contributed by atoms with Gasteiger partial charge in [-0.05, 0) is 12.3 Å². The number of nitrogens with zero attached hydrogens (tertiary/aromatic N) is 1. The van der Waals surface area contributed by atoms with E-state index in [9.17, 15) is 8.42 Å². The number of rotatable bonds is 9. The van der Waals surface area contributed by atoms with Crippen molar-refractivity contribution in [1.29, 1.82) is 0 Å². The van der Waals surface area contributed by atoms with E-state index >= 15 is 0 Å². The van der Waals surface area contributed by atoms with Crippen molar-refractivity contribution >= 4 is 10.0 Å². The fraction of sp³-hybridized carbons (Fsp3) is 1.00. The van der Waals surface area contributed by atoms with E-state index in [0.29, 0.717) is 25.4 Å². The Labute approximate surface area is 99.7 Å². The molecule has 0 unspecified atom stereocenters. The van der Waals surface area contributed by atoms with E-state index in [-0.39, 0.29) is 12.4 Å². The zero-order chi connectivity index (χ0) is 12.6. The van der Waals surface area contributed by atoms with Crippen molar-refractivity contribution in [3.63, 3.8) is 0 Å². The van der Waals surface area contributed by atoms with Crippen molar-refractivity contribution in [2.24, 2.45) is 5.92 Å². The summed E-state index contributed by atoms with van der Waals surface area (Å²) in [5, 5.41) is 8.68. The molecule has 0 heterocycles. The fourth-order valence-corrected chi connectivity index (χ4v) is 3.23. The van der Waals surface area contributed by atoms with Crippen molar-refractivity contribution in [3.05, 3.63) is 0 Å². The third-order valence-electron chi connectivity index (χ3n) is 2.92. The third-order valence-corrected chi connectivity index (χ3v) is 4.92. The summed E-state index contributed by atoms with van der Waals surface area (Å²) in [4.78, 5) is 0. The van der Waals surface area contributed by atoms with E-state index in [4.69, 9.17) is 5.11 Å². The molecule has 0 fully saturated rings. The van der Waals surface area contributed by atoms with Gasteiger partial charge in [-0.15, -0.1) is 0 Å². The summed E-state index contributed by atoms with van der Waals surface area (Å²) in [6, 6.07) is 0. The number of hydrogen-bond acceptors (Lipinski definition) is 3. The van der Waals surface area contributed by atoms with Crippen molar-refractivity contribution < 1.29 is 13.5 Å². The lowest BCUT2D eigenvalue weighted by atomic mass is 10.0. The van der Waals surface area contributed by atoms with E-state index in [1.165, 1.54) is 0 Å². The first kappa shape index (κ1) is 15.9.